The van der Waals surface area contributed by atoms with Gasteiger partial charge in [-0.3, -0.25) is 9.59 Å². The fraction of sp³-hybridized carbons (Fsp3) is 0.529. The third-order valence-corrected chi connectivity index (χ3v) is 3.78. The topological polar surface area (TPSA) is 57.6 Å². The standard InChI is InChI=1S/C17H25NO3/c1-6-18(15(19)12(2)3)14(17(4,5)16(20)21)13-10-8-7-9-11-13/h7-12,14H,6H2,1-5H3,(H,20,21). The van der Waals surface area contributed by atoms with Gasteiger partial charge in [0.05, 0.1) is 11.5 Å². The molecule has 0 aromatic heterocycles. The van der Waals surface area contributed by atoms with Crippen LogP contribution in [0.1, 0.15) is 46.2 Å². The predicted molar refractivity (Wildman–Crippen MR) is 82.8 cm³/mol. The Bertz CT molecular complexity index is 494. The number of carboxylic acid groups (broad SMARTS) is 1. The quantitative estimate of drug-likeness (QED) is 0.874. The molecule has 0 aliphatic heterocycles. The monoisotopic (exact) mass is 291 g/mol. The fourth-order valence-corrected chi connectivity index (χ4v) is 2.54. The van der Waals surface area contributed by atoms with Crippen LogP contribution in [0.4, 0.5) is 0 Å². The average molecular weight is 291 g/mol. The Balaban J connectivity index is 3.38. The van der Waals surface area contributed by atoms with E-state index in [4.69, 9.17) is 0 Å². The lowest BCUT2D eigenvalue weighted by molar-refractivity contribution is -0.155. The first-order chi connectivity index (χ1) is 9.73. The van der Waals surface area contributed by atoms with E-state index in [2.05, 4.69) is 0 Å². The Morgan fingerprint density at radius 2 is 1.71 bits per heavy atom. The summed E-state index contributed by atoms with van der Waals surface area (Å²) in [5.41, 5.74) is -0.220. The van der Waals surface area contributed by atoms with Crippen molar-refractivity contribution in [1.82, 2.24) is 4.90 Å². The number of hydrogen-bond donors (Lipinski definition) is 1. The molecule has 0 saturated carbocycles. The summed E-state index contributed by atoms with van der Waals surface area (Å²) in [6.07, 6.45) is 0. The highest BCUT2D eigenvalue weighted by Crippen LogP contribution is 2.39. The molecule has 116 valence electrons. The molecule has 1 amide bonds. The molecule has 21 heavy (non-hydrogen) atoms. The number of rotatable bonds is 6. The van der Waals surface area contributed by atoms with Crippen LogP contribution in [0.2, 0.25) is 0 Å². The summed E-state index contributed by atoms with van der Waals surface area (Å²) >= 11 is 0. The zero-order valence-corrected chi connectivity index (χ0v) is 13.5. The summed E-state index contributed by atoms with van der Waals surface area (Å²) < 4.78 is 0. The van der Waals surface area contributed by atoms with Gasteiger partial charge in [0.2, 0.25) is 5.91 Å². The molecular weight excluding hydrogens is 266 g/mol. The molecule has 0 aliphatic carbocycles. The van der Waals surface area contributed by atoms with Crippen LogP contribution in [0.15, 0.2) is 30.3 Å². The highest BCUT2D eigenvalue weighted by molar-refractivity contribution is 5.81. The van der Waals surface area contributed by atoms with Crippen molar-refractivity contribution in [2.45, 2.75) is 40.7 Å². The molecule has 0 saturated heterocycles. The van der Waals surface area contributed by atoms with Crippen LogP contribution >= 0.6 is 0 Å². The SMILES string of the molecule is CCN(C(=O)C(C)C)C(c1ccccc1)C(C)(C)C(=O)O. The molecule has 0 aliphatic rings. The third-order valence-electron chi connectivity index (χ3n) is 3.78. The highest BCUT2D eigenvalue weighted by atomic mass is 16.4. The molecule has 1 atom stereocenters. The number of hydrogen-bond acceptors (Lipinski definition) is 2. The van der Waals surface area contributed by atoms with Gasteiger partial charge < -0.3 is 10.0 Å². The normalized spacial score (nSPS) is 13.0. The lowest BCUT2D eigenvalue weighted by atomic mass is 9.79. The molecule has 1 aromatic rings. The van der Waals surface area contributed by atoms with Crippen molar-refractivity contribution >= 4 is 11.9 Å². The van der Waals surface area contributed by atoms with Gasteiger partial charge in [-0.2, -0.15) is 0 Å². The van der Waals surface area contributed by atoms with Crippen molar-refractivity contribution < 1.29 is 14.7 Å². The van der Waals surface area contributed by atoms with E-state index >= 15 is 0 Å². The number of amides is 1. The third kappa shape index (κ3) is 3.63. The molecule has 0 fully saturated rings. The summed E-state index contributed by atoms with van der Waals surface area (Å²) in [6.45, 7) is 9.37. The molecule has 1 rings (SSSR count). The number of aliphatic carboxylic acids is 1. The van der Waals surface area contributed by atoms with Crippen molar-refractivity contribution in [3.8, 4) is 0 Å². The largest absolute Gasteiger partial charge is 0.481 e. The lowest BCUT2D eigenvalue weighted by Crippen LogP contribution is -2.46. The first-order valence-electron chi connectivity index (χ1n) is 7.32. The van der Waals surface area contributed by atoms with E-state index in [0.29, 0.717) is 6.54 Å². The van der Waals surface area contributed by atoms with Gasteiger partial charge in [0.15, 0.2) is 0 Å². The van der Waals surface area contributed by atoms with E-state index in [1.165, 1.54) is 0 Å². The Morgan fingerprint density at radius 1 is 1.19 bits per heavy atom. The zero-order chi connectivity index (χ0) is 16.2. The second-order valence-electron chi connectivity index (χ2n) is 6.12. The molecule has 0 heterocycles. The number of carbonyl (C=O) groups is 2. The van der Waals surface area contributed by atoms with Gasteiger partial charge in [0, 0.05) is 12.5 Å². The van der Waals surface area contributed by atoms with Crippen LogP contribution in [0, 0.1) is 11.3 Å². The van der Waals surface area contributed by atoms with E-state index in [-0.39, 0.29) is 11.8 Å². The first kappa shape index (κ1) is 17.2. The minimum atomic E-state index is -1.07. The predicted octanol–water partition coefficient (Wildman–Crippen LogP) is 3.34. The number of carboxylic acids is 1. The zero-order valence-electron chi connectivity index (χ0n) is 13.5. The van der Waals surface area contributed by atoms with Crippen molar-refractivity contribution in [3.63, 3.8) is 0 Å². The molecule has 1 unspecified atom stereocenters. The van der Waals surface area contributed by atoms with E-state index < -0.39 is 17.4 Å². The second kappa shape index (κ2) is 6.74. The van der Waals surface area contributed by atoms with Crippen molar-refractivity contribution in [3.05, 3.63) is 35.9 Å². The van der Waals surface area contributed by atoms with Gasteiger partial charge in [-0.25, -0.2) is 0 Å². The molecule has 4 nitrogen and oxygen atoms in total. The van der Waals surface area contributed by atoms with Gasteiger partial charge in [0.1, 0.15) is 0 Å². The Morgan fingerprint density at radius 3 is 2.10 bits per heavy atom. The minimum absolute atomic E-state index is 0.0271. The van der Waals surface area contributed by atoms with Gasteiger partial charge >= 0.3 is 5.97 Å². The molecule has 0 spiro atoms. The molecule has 4 heteroatoms. The summed E-state index contributed by atoms with van der Waals surface area (Å²) in [5, 5.41) is 9.60. The van der Waals surface area contributed by atoms with Crippen LogP contribution in [-0.4, -0.2) is 28.4 Å². The van der Waals surface area contributed by atoms with Crippen LogP contribution in [0.5, 0.6) is 0 Å². The van der Waals surface area contributed by atoms with Crippen LogP contribution in [-0.2, 0) is 9.59 Å². The van der Waals surface area contributed by atoms with E-state index in [0.717, 1.165) is 5.56 Å². The van der Waals surface area contributed by atoms with Gasteiger partial charge in [-0.15, -0.1) is 0 Å². The van der Waals surface area contributed by atoms with E-state index in [1.807, 2.05) is 51.1 Å². The second-order valence-corrected chi connectivity index (χ2v) is 6.12. The molecule has 1 N–H and O–H groups in total. The number of benzene rings is 1. The molecule has 0 radical (unpaired) electrons. The summed E-state index contributed by atoms with van der Waals surface area (Å²) in [7, 11) is 0. The van der Waals surface area contributed by atoms with Crippen molar-refractivity contribution in [1.29, 1.82) is 0 Å². The van der Waals surface area contributed by atoms with E-state index in [1.54, 1.807) is 18.7 Å². The summed E-state index contributed by atoms with van der Waals surface area (Å²) in [6, 6.07) is 8.89. The maximum Gasteiger partial charge on any atom is 0.311 e. The maximum absolute atomic E-state index is 12.5. The highest BCUT2D eigenvalue weighted by Gasteiger charge is 2.43. The number of carbonyl (C=O) groups excluding carboxylic acids is 1. The number of nitrogens with zero attached hydrogens (tertiary/aromatic N) is 1. The van der Waals surface area contributed by atoms with Crippen molar-refractivity contribution in [2.75, 3.05) is 6.54 Å². The molecule has 0 bridgehead atoms. The van der Waals surface area contributed by atoms with Gasteiger partial charge in [-0.1, -0.05) is 44.2 Å². The van der Waals surface area contributed by atoms with Crippen LogP contribution < -0.4 is 0 Å². The van der Waals surface area contributed by atoms with Crippen molar-refractivity contribution in [2.24, 2.45) is 11.3 Å². The van der Waals surface area contributed by atoms with Gasteiger partial charge in [-0.05, 0) is 26.3 Å². The smallest absolute Gasteiger partial charge is 0.311 e. The van der Waals surface area contributed by atoms with Crippen LogP contribution in [0.25, 0.3) is 0 Å². The Labute approximate surface area is 126 Å². The lowest BCUT2D eigenvalue weighted by Gasteiger charge is -2.40. The minimum Gasteiger partial charge on any atom is -0.481 e. The first-order valence-corrected chi connectivity index (χ1v) is 7.32. The molecule has 1 aromatic carbocycles. The average Bonchev–Trinajstić information content (AvgIpc) is 2.44. The maximum atomic E-state index is 12.5. The summed E-state index contributed by atoms with van der Waals surface area (Å²) in [4.78, 5) is 25.9. The Hall–Kier alpha value is -1.84. The van der Waals surface area contributed by atoms with E-state index in [9.17, 15) is 14.7 Å². The summed E-state index contributed by atoms with van der Waals surface area (Å²) in [5.74, 6) is -1.10. The fourth-order valence-electron chi connectivity index (χ4n) is 2.54. The van der Waals surface area contributed by atoms with Crippen LogP contribution in [0.3, 0.4) is 0 Å². The Kier molecular flexibility index (Phi) is 5.53. The molecular formula is C17H25NO3. The van der Waals surface area contributed by atoms with Gasteiger partial charge in [0.25, 0.3) is 0 Å².